The van der Waals surface area contributed by atoms with Crippen molar-refractivity contribution < 1.29 is 27.1 Å². The molecule has 7 nitrogen and oxygen atoms in total. The number of carbonyl (C=O) groups is 1. The number of nitrogens with zero attached hydrogens (tertiary/aromatic N) is 2. The van der Waals surface area contributed by atoms with Crippen LogP contribution in [0, 0.1) is 19.7 Å². The molecule has 2 aromatic heterocycles. The Morgan fingerprint density at radius 2 is 2.00 bits per heavy atom. The molecule has 0 aliphatic heterocycles. The standard InChI is InChI=1S/C19H16ClF4N5O2/c1-8-3-4-13(26-17(8)25)10-6-14(31-7-19(22,23)24)11(5-12(10)21)18(30)27-15-9(2)28-29-16(15)20/h3-6H,7H2,1-2H3,(H2,25,26)(H,27,30)(H,28,29). The Hall–Kier alpha value is -3.34. The first-order valence-corrected chi connectivity index (χ1v) is 9.12. The Kier molecular flexibility index (Phi) is 6.07. The van der Waals surface area contributed by atoms with Gasteiger partial charge < -0.3 is 15.8 Å². The summed E-state index contributed by atoms with van der Waals surface area (Å²) in [5.41, 5.74) is 6.30. The van der Waals surface area contributed by atoms with Gasteiger partial charge in [-0.3, -0.25) is 9.89 Å². The van der Waals surface area contributed by atoms with E-state index in [4.69, 9.17) is 22.1 Å². The number of nitrogen functional groups attached to an aromatic ring is 1. The summed E-state index contributed by atoms with van der Waals surface area (Å²) in [5.74, 6) is -2.22. The van der Waals surface area contributed by atoms with Crippen molar-refractivity contribution in [3.8, 4) is 17.0 Å². The highest BCUT2D eigenvalue weighted by Crippen LogP contribution is 2.33. The molecule has 12 heteroatoms. The van der Waals surface area contributed by atoms with Gasteiger partial charge in [0.2, 0.25) is 0 Å². The fourth-order valence-corrected chi connectivity index (χ4v) is 2.86. The number of anilines is 2. The van der Waals surface area contributed by atoms with Crippen LogP contribution in [0.4, 0.5) is 29.1 Å². The summed E-state index contributed by atoms with van der Waals surface area (Å²) < 4.78 is 57.8. The number of benzene rings is 1. The van der Waals surface area contributed by atoms with E-state index in [9.17, 15) is 22.4 Å². The van der Waals surface area contributed by atoms with Crippen LogP contribution in [0.5, 0.6) is 5.75 Å². The van der Waals surface area contributed by atoms with Crippen molar-refractivity contribution >= 4 is 29.0 Å². The first-order valence-electron chi connectivity index (χ1n) is 8.74. The molecule has 1 amide bonds. The number of nitrogens with two attached hydrogens (primary N) is 1. The van der Waals surface area contributed by atoms with Crippen LogP contribution in [0.3, 0.4) is 0 Å². The van der Waals surface area contributed by atoms with Crippen LogP contribution in [0.25, 0.3) is 11.3 Å². The Morgan fingerprint density at radius 3 is 2.58 bits per heavy atom. The molecule has 0 aliphatic rings. The van der Waals surface area contributed by atoms with Gasteiger partial charge in [0.15, 0.2) is 11.8 Å². The smallest absolute Gasteiger partial charge is 0.422 e. The van der Waals surface area contributed by atoms with E-state index in [0.717, 1.165) is 12.1 Å². The van der Waals surface area contributed by atoms with Gasteiger partial charge in [0, 0.05) is 5.56 Å². The molecule has 1 aromatic carbocycles. The topological polar surface area (TPSA) is 106 Å². The van der Waals surface area contributed by atoms with Gasteiger partial charge in [-0.1, -0.05) is 17.7 Å². The summed E-state index contributed by atoms with van der Waals surface area (Å²) in [6, 6.07) is 4.76. The van der Waals surface area contributed by atoms with Gasteiger partial charge >= 0.3 is 6.18 Å². The zero-order valence-corrected chi connectivity index (χ0v) is 17.0. The van der Waals surface area contributed by atoms with Crippen molar-refractivity contribution in [3.05, 3.63) is 52.1 Å². The fraction of sp³-hybridized carbons (Fsp3) is 0.211. The molecule has 3 aromatic rings. The van der Waals surface area contributed by atoms with E-state index in [0.29, 0.717) is 11.3 Å². The van der Waals surface area contributed by atoms with E-state index in [-0.39, 0.29) is 27.9 Å². The average Bonchev–Trinajstić information content (AvgIpc) is 3.00. The Morgan fingerprint density at radius 1 is 1.29 bits per heavy atom. The fourth-order valence-electron chi connectivity index (χ4n) is 2.63. The third-order valence-corrected chi connectivity index (χ3v) is 4.53. The molecular weight excluding hydrogens is 442 g/mol. The summed E-state index contributed by atoms with van der Waals surface area (Å²) in [6.45, 7) is 1.57. The lowest BCUT2D eigenvalue weighted by Crippen LogP contribution is -2.21. The van der Waals surface area contributed by atoms with Gasteiger partial charge in [-0.05, 0) is 37.6 Å². The first kappa shape index (κ1) is 22.3. The molecule has 4 N–H and O–H groups in total. The molecule has 0 saturated carbocycles. The minimum Gasteiger partial charge on any atom is -0.483 e. The van der Waals surface area contributed by atoms with Crippen molar-refractivity contribution in [2.75, 3.05) is 17.7 Å². The molecule has 164 valence electrons. The van der Waals surface area contributed by atoms with Crippen molar-refractivity contribution in [2.24, 2.45) is 0 Å². The summed E-state index contributed by atoms with van der Waals surface area (Å²) >= 11 is 5.87. The van der Waals surface area contributed by atoms with Crippen molar-refractivity contribution in [1.82, 2.24) is 15.2 Å². The van der Waals surface area contributed by atoms with Crippen molar-refractivity contribution in [2.45, 2.75) is 20.0 Å². The lowest BCUT2D eigenvalue weighted by atomic mass is 10.0. The minimum absolute atomic E-state index is 0.0677. The summed E-state index contributed by atoms with van der Waals surface area (Å²) in [6.07, 6.45) is -4.68. The Bertz CT molecular complexity index is 1130. The molecule has 2 heterocycles. The van der Waals surface area contributed by atoms with E-state index >= 15 is 0 Å². The number of pyridine rings is 1. The number of alkyl halides is 3. The zero-order chi connectivity index (χ0) is 22.9. The average molecular weight is 458 g/mol. The normalized spacial score (nSPS) is 11.5. The maximum atomic E-state index is 14.8. The molecule has 3 rings (SSSR count). The highest BCUT2D eigenvalue weighted by Gasteiger charge is 2.30. The lowest BCUT2D eigenvalue weighted by Gasteiger charge is -2.15. The van der Waals surface area contributed by atoms with Gasteiger partial charge in [-0.15, -0.1) is 0 Å². The third-order valence-electron chi connectivity index (χ3n) is 4.26. The van der Waals surface area contributed by atoms with Crippen LogP contribution in [0.1, 0.15) is 21.6 Å². The van der Waals surface area contributed by atoms with Crippen molar-refractivity contribution in [3.63, 3.8) is 0 Å². The van der Waals surface area contributed by atoms with Crippen LogP contribution in [-0.2, 0) is 0 Å². The molecule has 0 radical (unpaired) electrons. The second-order valence-electron chi connectivity index (χ2n) is 6.60. The van der Waals surface area contributed by atoms with E-state index in [1.165, 1.54) is 6.07 Å². The van der Waals surface area contributed by atoms with E-state index < -0.39 is 35.8 Å². The Balaban J connectivity index is 2.05. The number of amides is 1. The largest absolute Gasteiger partial charge is 0.483 e. The molecular formula is C19H16ClF4N5O2. The number of aromatic nitrogens is 3. The molecule has 31 heavy (non-hydrogen) atoms. The van der Waals surface area contributed by atoms with Crippen LogP contribution in [0.15, 0.2) is 24.3 Å². The number of rotatable bonds is 5. The second kappa shape index (κ2) is 8.42. The van der Waals surface area contributed by atoms with Crippen molar-refractivity contribution in [1.29, 1.82) is 0 Å². The number of hydrogen-bond donors (Lipinski definition) is 3. The van der Waals surface area contributed by atoms with E-state index in [2.05, 4.69) is 20.5 Å². The second-order valence-corrected chi connectivity index (χ2v) is 6.96. The molecule has 0 unspecified atom stereocenters. The van der Waals surface area contributed by atoms with Crippen LogP contribution < -0.4 is 15.8 Å². The van der Waals surface area contributed by atoms with Crippen LogP contribution in [0.2, 0.25) is 5.15 Å². The first-order chi connectivity index (χ1) is 14.5. The third kappa shape index (κ3) is 5.05. The number of H-pyrrole nitrogens is 1. The summed E-state index contributed by atoms with van der Waals surface area (Å²) in [5, 5.41) is 8.54. The maximum Gasteiger partial charge on any atom is 0.422 e. The number of aryl methyl sites for hydroxylation is 2. The molecule has 0 spiro atoms. The SMILES string of the molecule is Cc1ccc(-c2cc(OCC(F)(F)F)c(C(=O)Nc3c(Cl)n[nH]c3C)cc2F)nc1N. The predicted molar refractivity (Wildman–Crippen MR) is 107 cm³/mol. The maximum absolute atomic E-state index is 14.8. The van der Waals surface area contributed by atoms with Gasteiger partial charge in [-0.25, -0.2) is 9.37 Å². The lowest BCUT2D eigenvalue weighted by molar-refractivity contribution is -0.153. The van der Waals surface area contributed by atoms with Gasteiger partial charge in [0.05, 0.1) is 17.0 Å². The van der Waals surface area contributed by atoms with Gasteiger partial charge in [0.1, 0.15) is 23.1 Å². The highest BCUT2D eigenvalue weighted by atomic mass is 35.5. The monoisotopic (exact) mass is 457 g/mol. The quantitative estimate of drug-likeness (QED) is 0.483. The molecule has 0 bridgehead atoms. The van der Waals surface area contributed by atoms with Crippen LogP contribution >= 0.6 is 11.6 Å². The Labute approximate surface area is 178 Å². The molecule has 0 fully saturated rings. The number of carbonyl (C=O) groups excluding carboxylic acids is 1. The van der Waals surface area contributed by atoms with E-state index in [1.54, 1.807) is 19.9 Å². The summed E-state index contributed by atoms with van der Waals surface area (Å²) in [4.78, 5) is 16.7. The molecule has 0 aliphatic carbocycles. The molecule has 0 saturated heterocycles. The van der Waals surface area contributed by atoms with Gasteiger partial charge in [0.25, 0.3) is 5.91 Å². The zero-order valence-electron chi connectivity index (χ0n) is 16.2. The van der Waals surface area contributed by atoms with E-state index in [1.807, 2.05) is 0 Å². The predicted octanol–water partition coefficient (Wildman–Crippen LogP) is 4.66. The summed E-state index contributed by atoms with van der Waals surface area (Å²) in [7, 11) is 0. The van der Waals surface area contributed by atoms with Gasteiger partial charge in [-0.2, -0.15) is 18.3 Å². The number of aromatic amines is 1. The minimum atomic E-state index is -4.68. The number of ether oxygens (including phenoxy) is 1. The van der Waals surface area contributed by atoms with Crippen LogP contribution in [-0.4, -0.2) is 33.9 Å². The molecule has 0 atom stereocenters. The number of nitrogens with one attached hydrogen (secondary N) is 2. The number of halogens is 5. The highest BCUT2D eigenvalue weighted by molar-refractivity contribution is 6.33. The number of hydrogen-bond acceptors (Lipinski definition) is 5.